The summed E-state index contributed by atoms with van der Waals surface area (Å²) in [7, 11) is 1.73. The van der Waals surface area contributed by atoms with Crippen molar-refractivity contribution in [2.75, 3.05) is 16.8 Å². The third-order valence-electron chi connectivity index (χ3n) is 5.61. The van der Waals surface area contributed by atoms with E-state index in [1.54, 1.807) is 16.8 Å². The summed E-state index contributed by atoms with van der Waals surface area (Å²) in [5.41, 5.74) is 5.73. The number of para-hydroxylation sites is 1. The van der Waals surface area contributed by atoms with Crippen molar-refractivity contribution >= 4 is 51.4 Å². The molecule has 3 aromatic rings. The zero-order valence-corrected chi connectivity index (χ0v) is 18.8. The molecule has 2 heterocycles. The number of carbonyl (C=O) groups is 2. The summed E-state index contributed by atoms with van der Waals surface area (Å²) in [5, 5.41) is 0.532. The Morgan fingerprint density at radius 3 is 2.09 bits per heavy atom. The van der Waals surface area contributed by atoms with Crippen molar-refractivity contribution in [1.82, 2.24) is 0 Å². The number of thioether (sulfide) groups is 1. The Hall–Kier alpha value is -3.64. The lowest BCUT2D eigenvalue weighted by Gasteiger charge is -2.16. The van der Waals surface area contributed by atoms with Crippen LogP contribution in [0.1, 0.15) is 16.7 Å². The van der Waals surface area contributed by atoms with Crippen LogP contribution in [0.25, 0.3) is 5.57 Å². The van der Waals surface area contributed by atoms with Gasteiger partial charge in [0.25, 0.3) is 11.8 Å². The Morgan fingerprint density at radius 1 is 0.781 bits per heavy atom. The predicted octanol–water partition coefficient (Wildman–Crippen LogP) is 5.46. The van der Waals surface area contributed by atoms with Crippen LogP contribution in [0.15, 0.2) is 82.7 Å². The fourth-order valence-corrected chi connectivity index (χ4v) is 4.93. The summed E-state index contributed by atoms with van der Waals surface area (Å²) in [6.45, 7) is 4.02. The lowest BCUT2D eigenvalue weighted by Crippen LogP contribution is -2.29. The first-order valence-corrected chi connectivity index (χ1v) is 11.1. The monoisotopic (exact) mass is 439 g/mol. The van der Waals surface area contributed by atoms with Gasteiger partial charge < -0.3 is 4.90 Å². The number of amides is 2. The Labute approximate surface area is 191 Å². The van der Waals surface area contributed by atoms with E-state index in [1.807, 2.05) is 86.6 Å². The zero-order valence-electron chi connectivity index (χ0n) is 18.0. The SMILES string of the molecule is Cc1ccc(N=C2SC(=C3C(=O)N(C)c4ccccc43)C(=O)N2c2ccc(C)cc2)cc1. The summed E-state index contributed by atoms with van der Waals surface area (Å²) in [4.78, 5) is 35.2. The number of carbonyl (C=O) groups excluding carboxylic acids is 2. The number of nitrogens with zero attached hydrogens (tertiary/aromatic N) is 3. The van der Waals surface area contributed by atoms with E-state index in [0.29, 0.717) is 15.6 Å². The van der Waals surface area contributed by atoms with E-state index >= 15 is 0 Å². The number of likely N-dealkylation sites (N-methyl/N-ethyl adjacent to an activating group) is 1. The summed E-state index contributed by atoms with van der Waals surface area (Å²) in [6.07, 6.45) is 0. The van der Waals surface area contributed by atoms with Gasteiger partial charge in [-0.15, -0.1) is 0 Å². The highest BCUT2D eigenvalue weighted by molar-refractivity contribution is 8.19. The number of aliphatic imine (C=N–C) groups is 1. The number of fused-ring (bicyclic) bond motifs is 1. The molecule has 158 valence electrons. The highest BCUT2D eigenvalue weighted by Crippen LogP contribution is 2.45. The number of rotatable bonds is 2. The largest absolute Gasteiger partial charge is 0.311 e. The van der Waals surface area contributed by atoms with Crippen LogP contribution in [0, 0.1) is 13.8 Å². The van der Waals surface area contributed by atoms with E-state index in [0.717, 1.165) is 33.8 Å². The Morgan fingerprint density at radius 2 is 1.41 bits per heavy atom. The van der Waals surface area contributed by atoms with Gasteiger partial charge in [0, 0.05) is 12.6 Å². The van der Waals surface area contributed by atoms with Crippen molar-refractivity contribution in [3.05, 3.63) is 94.4 Å². The van der Waals surface area contributed by atoms with Crippen LogP contribution >= 0.6 is 11.8 Å². The molecule has 0 aliphatic carbocycles. The fraction of sp³-hybridized carbons (Fsp3) is 0.115. The van der Waals surface area contributed by atoms with Gasteiger partial charge in [0.15, 0.2) is 5.17 Å². The van der Waals surface area contributed by atoms with Crippen LogP contribution in [-0.4, -0.2) is 24.0 Å². The quantitative estimate of drug-likeness (QED) is 0.498. The second-order valence-corrected chi connectivity index (χ2v) is 8.87. The molecule has 0 atom stereocenters. The van der Waals surface area contributed by atoms with Crippen LogP contribution in [0.4, 0.5) is 17.1 Å². The minimum Gasteiger partial charge on any atom is -0.311 e. The molecule has 2 aliphatic heterocycles. The van der Waals surface area contributed by atoms with Gasteiger partial charge >= 0.3 is 0 Å². The van der Waals surface area contributed by atoms with E-state index in [9.17, 15) is 9.59 Å². The molecule has 5 rings (SSSR count). The van der Waals surface area contributed by atoms with E-state index in [2.05, 4.69) is 0 Å². The maximum atomic E-state index is 13.7. The molecule has 0 N–H and O–H groups in total. The fourth-order valence-electron chi connectivity index (χ4n) is 3.84. The Balaban J connectivity index is 1.68. The number of benzene rings is 3. The molecule has 0 aromatic heterocycles. The maximum absolute atomic E-state index is 13.7. The highest BCUT2D eigenvalue weighted by atomic mass is 32.2. The van der Waals surface area contributed by atoms with Gasteiger partial charge in [0.1, 0.15) is 0 Å². The van der Waals surface area contributed by atoms with Crippen molar-refractivity contribution in [2.45, 2.75) is 13.8 Å². The first-order valence-electron chi connectivity index (χ1n) is 10.3. The average Bonchev–Trinajstić information content (AvgIpc) is 3.24. The number of amidine groups is 1. The van der Waals surface area contributed by atoms with E-state index in [1.165, 1.54) is 11.8 Å². The lowest BCUT2D eigenvalue weighted by molar-refractivity contribution is -0.115. The van der Waals surface area contributed by atoms with E-state index < -0.39 is 0 Å². The van der Waals surface area contributed by atoms with Crippen molar-refractivity contribution in [3.8, 4) is 0 Å². The first-order chi connectivity index (χ1) is 15.4. The Bertz CT molecular complexity index is 1310. The van der Waals surface area contributed by atoms with Gasteiger partial charge in [-0.2, -0.15) is 0 Å². The minimum absolute atomic E-state index is 0.178. The maximum Gasteiger partial charge on any atom is 0.272 e. The summed E-state index contributed by atoms with van der Waals surface area (Å²) < 4.78 is 0. The molecule has 0 spiro atoms. The summed E-state index contributed by atoms with van der Waals surface area (Å²) in [6, 6.07) is 23.1. The Kier molecular flexibility index (Phi) is 4.94. The van der Waals surface area contributed by atoms with Crippen LogP contribution in [-0.2, 0) is 9.59 Å². The zero-order chi connectivity index (χ0) is 22.4. The van der Waals surface area contributed by atoms with Gasteiger partial charge in [0.2, 0.25) is 0 Å². The molecule has 1 fully saturated rings. The van der Waals surface area contributed by atoms with Gasteiger partial charge in [-0.1, -0.05) is 53.6 Å². The lowest BCUT2D eigenvalue weighted by atomic mass is 10.1. The molecule has 2 amide bonds. The van der Waals surface area contributed by atoms with Crippen molar-refractivity contribution in [3.63, 3.8) is 0 Å². The molecule has 32 heavy (non-hydrogen) atoms. The molecule has 0 saturated carbocycles. The van der Waals surface area contributed by atoms with Crippen LogP contribution in [0.3, 0.4) is 0 Å². The van der Waals surface area contributed by atoms with E-state index in [4.69, 9.17) is 4.99 Å². The number of hydrogen-bond donors (Lipinski definition) is 0. The van der Waals surface area contributed by atoms with Crippen molar-refractivity contribution in [1.29, 1.82) is 0 Å². The van der Waals surface area contributed by atoms with Crippen LogP contribution < -0.4 is 9.80 Å². The standard InChI is InChI=1S/C26H21N3O2S/c1-16-8-12-18(13-9-16)27-26-29(19-14-10-17(2)11-15-19)25(31)23(32-26)22-20-6-4-5-7-21(20)28(3)24(22)30/h4-15H,1-3H3. The third kappa shape index (κ3) is 3.33. The topological polar surface area (TPSA) is 53.0 Å². The number of hydrogen-bond acceptors (Lipinski definition) is 4. The highest BCUT2D eigenvalue weighted by Gasteiger charge is 2.42. The van der Waals surface area contributed by atoms with Gasteiger partial charge in [-0.25, -0.2) is 4.99 Å². The number of aryl methyl sites for hydroxylation is 2. The molecule has 0 radical (unpaired) electrons. The minimum atomic E-state index is -0.238. The van der Waals surface area contributed by atoms with Crippen molar-refractivity contribution in [2.24, 2.45) is 4.99 Å². The van der Waals surface area contributed by atoms with Crippen LogP contribution in [0.5, 0.6) is 0 Å². The van der Waals surface area contributed by atoms with E-state index in [-0.39, 0.29) is 11.8 Å². The molecule has 1 saturated heterocycles. The third-order valence-corrected chi connectivity index (χ3v) is 6.65. The average molecular weight is 440 g/mol. The molecule has 6 heteroatoms. The van der Waals surface area contributed by atoms with Crippen molar-refractivity contribution < 1.29 is 9.59 Å². The van der Waals surface area contributed by atoms with Gasteiger partial charge in [-0.3, -0.25) is 14.5 Å². The smallest absolute Gasteiger partial charge is 0.272 e. The van der Waals surface area contributed by atoms with Crippen LogP contribution in [0.2, 0.25) is 0 Å². The first kappa shape index (κ1) is 20.3. The number of anilines is 2. The summed E-state index contributed by atoms with van der Waals surface area (Å²) in [5.74, 6) is -0.416. The molecule has 2 aliphatic rings. The molecule has 0 unspecified atom stereocenters. The van der Waals surface area contributed by atoms with Gasteiger partial charge in [-0.05, 0) is 55.9 Å². The molecule has 3 aromatic carbocycles. The second-order valence-electron chi connectivity index (χ2n) is 7.89. The molecular formula is C26H21N3O2S. The predicted molar refractivity (Wildman–Crippen MR) is 131 cm³/mol. The second kappa shape index (κ2) is 7.80. The normalized spacial score (nSPS) is 19.3. The van der Waals surface area contributed by atoms with Gasteiger partial charge in [0.05, 0.1) is 27.5 Å². The molecule has 0 bridgehead atoms. The molecule has 5 nitrogen and oxygen atoms in total. The summed E-state index contributed by atoms with van der Waals surface area (Å²) >= 11 is 1.25. The molecular weight excluding hydrogens is 418 g/mol.